The maximum atomic E-state index is 12.6. The average molecular weight is 384 g/mol. The fourth-order valence-corrected chi connectivity index (χ4v) is 5.77. The summed E-state index contributed by atoms with van der Waals surface area (Å²) in [5.41, 5.74) is 2.94. The number of carbonyl (C=O) groups excluding carboxylic acids is 1. The van der Waals surface area contributed by atoms with Crippen molar-refractivity contribution in [1.29, 1.82) is 0 Å². The summed E-state index contributed by atoms with van der Waals surface area (Å²) in [6.07, 6.45) is 6.74. The van der Waals surface area contributed by atoms with E-state index in [1.807, 2.05) is 12.1 Å². The van der Waals surface area contributed by atoms with E-state index in [4.69, 9.17) is 9.47 Å². The van der Waals surface area contributed by atoms with Crippen LogP contribution in [-0.4, -0.2) is 32.3 Å². The van der Waals surface area contributed by atoms with Crippen LogP contribution in [0.15, 0.2) is 36.4 Å². The highest BCUT2D eigenvalue weighted by Crippen LogP contribution is 2.56. The molecule has 4 heteroatoms. The number of hydrogen-bond acceptors (Lipinski definition) is 4. The Balaban J connectivity index is 1.32. The van der Waals surface area contributed by atoms with Crippen LogP contribution in [0.3, 0.4) is 0 Å². The van der Waals surface area contributed by atoms with Gasteiger partial charge in [-0.1, -0.05) is 31.2 Å². The van der Waals surface area contributed by atoms with E-state index in [2.05, 4.69) is 31.0 Å². The predicted octanol–water partition coefficient (Wildman–Crippen LogP) is 4.14. The van der Waals surface area contributed by atoms with E-state index in [0.29, 0.717) is 18.4 Å². The minimum Gasteiger partial charge on any atom is -0.497 e. The minimum absolute atomic E-state index is 0.000179. The average Bonchev–Trinajstić information content (AvgIpc) is 2.98. The number of nitrogens with one attached hydrogen (secondary N) is 1. The topological polar surface area (TPSA) is 47.6 Å². The van der Waals surface area contributed by atoms with E-state index < -0.39 is 0 Å². The summed E-state index contributed by atoms with van der Waals surface area (Å²) in [7, 11) is 1.68. The van der Waals surface area contributed by atoms with E-state index in [9.17, 15) is 4.79 Å². The molecule has 1 aliphatic heterocycles. The van der Waals surface area contributed by atoms with Crippen LogP contribution >= 0.6 is 0 Å². The molecular formula is C24H33NO3. The van der Waals surface area contributed by atoms with Crippen LogP contribution in [0.25, 0.3) is 0 Å². The molecule has 28 heavy (non-hydrogen) atoms. The van der Waals surface area contributed by atoms with Crippen LogP contribution in [-0.2, 0) is 16.0 Å². The molecule has 4 nitrogen and oxygen atoms in total. The number of esters is 1. The molecule has 0 amide bonds. The fraction of sp³-hybridized carbons (Fsp3) is 0.625. The number of hydrogen-bond donors (Lipinski definition) is 1. The Kier molecular flexibility index (Phi) is 5.50. The summed E-state index contributed by atoms with van der Waals surface area (Å²) in [5.74, 6) is 1.76. The highest BCUT2D eigenvalue weighted by Gasteiger charge is 2.54. The summed E-state index contributed by atoms with van der Waals surface area (Å²) >= 11 is 0. The quantitative estimate of drug-likeness (QED) is 0.456. The molecule has 0 unspecified atom stereocenters. The van der Waals surface area contributed by atoms with Gasteiger partial charge in [0.15, 0.2) is 0 Å². The number of fused-ring (bicyclic) bond motifs is 2. The van der Waals surface area contributed by atoms with E-state index in [-0.39, 0.29) is 23.4 Å². The van der Waals surface area contributed by atoms with Crippen LogP contribution in [0.1, 0.15) is 44.6 Å². The van der Waals surface area contributed by atoms with Gasteiger partial charge in [-0.15, -0.1) is 0 Å². The molecule has 2 aliphatic carbocycles. The van der Waals surface area contributed by atoms with Crippen LogP contribution in [0.2, 0.25) is 0 Å². The summed E-state index contributed by atoms with van der Waals surface area (Å²) in [5, 5.41) is 3.51. The lowest BCUT2D eigenvalue weighted by atomic mass is 9.55. The molecule has 0 bridgehead atoms. The first-order valence-electron chi connectivity index (χ1n) is 10.7. The van der Waals surface area contributed by atoms with Crippen LogP contribution < -0.4 is 10.1 Å². The zero-order valence-corrected chi connectivity index (χ0v) is 17.2. The molecule has 152 valence electrons. The van der Waals surface area contributed by atoms with Crippen LogP contribution in [0.4, 0.5) is 0 Å². The smallest absolute Gasteiger partial charge is 0.310 e. The van der Waals surface area contributed by atoms with Gasteiger partial charge in [0.25, 0.3) is 0 Å². The van der Waals surface area contributed by atoms with Gasteiger partial charge in [0.2, 0.25) is 0 Å². The van der Waals surface area contributed by atoms with Crippen molar-refractivity contribution < 1.29 is 14.3 Å². The number of methoxy groups -OCH3 is 1. The van der Waals surface area contributed by atoms with Crippen molar-refractivity contribution in [3.8, 4) is 5.75 Å². The van der Waals surface area contributed by atoms with E-state index in [1.165, 1.54) is 24.0 Å². The first kappa shape index (κ1) is 19.5. The Morgan fingerprint density at radius 3 is 2.86 bits per heavy atom. The first-order valence-corrected chi connectivity index (χ1v) is 10.7. The molecule has 1 aromatic carbocycles. The van der Waals surface area contributed by atoms with Crippen molar-refractivity contribution in [3.63, 3.8) is 0 Å². The molecule has 5 atom stereocenters. The molecule has 0 spiro atoms. The van der Waals surface area contributed by atoms with Crippen molar-refractivity contribution in [2.75, 3.05) is 20.2 Å². The molecule has 3 aliphatic rings. The van der Waals surface area contributed by atoms with Gasteiger partial charge in [0.1, 0.15) is 11.9 Å². The molecule has 0 radical (unpaired) electrons. The second-order valence-corrected chi connectivity index (χ2v) is 9.21. The molecule has 3 fully saturated rings. The largest absolute Gasteiger partial charge is 0.497 e. The van der Waals surface area contributed by atoms with Gasteiger partial charge < -0.3 is 14.8 Å². The summed E-state index contributed by atoms with van der Waals surface area (Å²) in [4.78, 5) is 12.6. The van der Waals surface area contributed by atoms with Crippen molar-refractivity contribution in [2.24, 2.45) is 23.2 Å². The lowest BCUT2D eigenvalue weighted by Gasteiger charge is -2.50. The Labute approximate surface area is 168 Å². The predicted molar refractivity (Wildman–Crippen MR) is 110 cm³/mol. The van der Waals surface area contributed by atoms with Gasteiger partial charge >= 0.3 is 5.97 Å². The van der Waals surface area contributed by atoms with Crippen LogP contribution in [0.5, 0.6) is 5.75 Å². The number of rotatable bonds is 6. The zero-order valence-electron chi connectivity index (χ0n) is 17.2. The standard InChI is InChI=1S/C24H33NO3/c1-16-5-4-11-24(2)14-22-19(13-21(16)24)20(23(26)28-22)15-25-12-10-17-6-8-18(27-3)9-7-17/h6-9,19-22,25H,1,4-5,10-15H2,2-3H3/t19-,20-,21+,22-,24-/m1/s1. The Bertz CT molecular complexity index is 728. The molecule has 1 aromatic rings. The number of carbonyl (C=O) groups is 1. The number of allylic oxidation sites excluding steroid dienone is 1. The van der Waals surface area contributed by atoms with E-state index in [0.717, 1.165) is 38.0 Å². The third kappa shape index (κ3) is 3.71. The molecule has 1 heterocycles. The molecule has 4 rings (SSSR count). The van der Waals surface area contributed by atoms with Gasteiger partial charge in [-0.05, 0) is 74.1 Å². The molecule has 2 saturated carbocycles. The first-order chi connectivity index (χ1) is 13.5. The second-order valence-electron chi connectivity index (χ2n) is 9.21. The number of benzene rings is 1. The van der Waals surface area contributed by atoms with Crippen molar-refractivity contribution in [3.05, 3.63) is 42.0 Å². The van der Waals surface area contributed by atoms with Gasteiger partial charge in [-0.25, -0.2) is 0 Å². The van der Waals surface area contributed by atoms with E-state index >= 15 is 0 Å². The lowest BCUT2D eigenvalue weighted by Crippen LogP contribution is -2.45. The molecule has 1 saturated heterocycles. The summed E-state index contributed by atoms with van der Waals surface area (Å²) < 4.78 is 11.0. The van der Waals surface area contributed by atoms with Crippen molar-refractivity contribution in [2.45, 2.75) is 51.6 Å². The monoisotopic (exact) mass is 383 g/mol. The lowest BCUT2D eigenvalue weighted by molar-refractivity contribution is -0.146. The maximum Gasteiger partial charge on any atom is 0.310 e. The highest BCUT2D eigenvalue weighted by atomic mass is 16.6. The minimum atomic E-state index is -0.0138. The zero-order chi connectivity index (χ0) is 19.7. The number of ether oxygens (including phenoxy) is 2. The SMILES string of the molecule is C=C1CCC[C@]2(C)C[C@H]3OC(=O)[C@H](CNCCc4ccc(OC)cc4)[C@H]3C[C@@H]12. The summed E-state index contributed by atoms with van der Waals surface area (Å²) in [6.45, 7) is 8.33. The Hall–Kier alpha value is -1.81. The third-order valence-electron chi connectivity index (χ3n) is 7.43. The normalized spacial score (nSPS) is 34.5. The molecule has 0 aromatic heterocycles. The van der Waals surface area contributed by atoms with E-state index in [1.54, 1.807) is 7.11 Å². The summed E-state index contributed by atoms with van der Waals surface area (Å²) in [6, 6.07) is 8.17. The highest BCUT2D eigenvalue weighted by molar-refractivity contribution is 5.75. The van der Waals surface area contributed by atoms with Crippen molar-refractivity contribution in [1.82, 2.24) is 5.32 Å². The Morgan fingerprint density at radius 1 is 1.32 bits per heavy atom. The van der Waals surface area contributed by atoms with Gasteiger partial charge in [-0.3, -0.25) is 4.79 Å². The molecular weight excluding hydrogens is 350 g/mol. The maximum absolute atomic E-state index is 12.6. The second kappa shape index (κ2) is 7.90. The van der Waals surface area contributed by atoms with Gasteiger partial charge in [0, 0.05) is 12.5 Å². The van der Waals surface area contributed by atoms with Gasteiger partial charge in [-0.2, -0.15) is 0 Å². The third-order valence-corrected chi connectivity index (χ3v) is 7.43. The van der Waals surface area contributed by atoms with Gasteiger partial charge in [0.05, 0.1) is 13.0 Å². The van der Waals surface area contributed by atoms with Crippen LogP contribution in [0, 0.1) is 23.2 Å². The van der Waals surface area contributed by atoms with Crippen molar-refractivity contribution >= 4 is 5.97 Å². The fourth-order valence-electron chi connectivity index (χ4n) is 5.77. The molecule has 1 N–H and O–H groups in total. The Morgan fingerprint density at radius 2 is 2.11 bits per heavy atom.